The summed E-state index contributed by atoms with van der Waals surface area (Å²) in [6, 6.07) is 7.43. The van der Waals surface area contributed by atoms with Crippen molar-refractivity contribution in [3.8, 4) is 0 Å². The van der Waals surface area contributed by atoms with Crippen molar-refractivity contribution in [2.45, 2.75) is 25.8 Å². The van der Waals surface area contributed by atoms with Crippen LogP contribution in [0.15, 0.2) is 24.3 Å². The zero-order chi connectivity index (χ0) is 17.3. The van der Waals surface area contributed by atoms with Crippen molar-refractivity contribution in [2.24, 2.45) is 11.7 Å². The van der Waals surface area contributed by atoms with E-state index in [1.165, 1.54) is 0 Å². The van der Waals surface area contributed by atoms with E-state index in [0.29, 0.717) is 13.1 Å². The largest absolute Gasteiger partial charge is 0.351 e. The molecule has 0 spiro atoms. The number of hydrogen-bond acceptors (Lipinski definition) is 4. The van der Waals surface area contributed by atoms with Crippen molar-refractivity contribution in [1.29, 1.82) is 0 Å². The highest BCUT2D eigenvalue weighted by atomic mass is 32.1. The van der Waals surface area contributed by atoms with Crippen molar-refractivity contribution in [1.82, 2.24) is 14.8 Å². The summed E-state index contributed by atoms with van der Waals surface area (Å²) < 4.78 is 1.12. The third-order valence-corrected chi connectivity index (χ3v) is 5.89. The molecule has 0 bridgehead atoms. The van der Waals surface area contributed by atoms with Crippen LogP contribution >= 0.6 is 11.3 Å². The number of nitrogens with zero attached hydrogens (tertiary/aromatic N) is 3. The maximum atomic E-state index is 12.8. The third-order valence-electron chi connectivity index (χ3n) is 4.68. The standard InChI is InChI=1S/C17H22N4O2S/c1-11(15-19-13-7-3-4-8-14(13)24-15)20(2)16(22)12-6-5-9-21(10-12)17(18)23/h3-4,7-8,11-12H,5-6,9-10H2,1-2H3,(H2,18,23)/t11-,12+/m1/s1. The first-order chi connectivity index (χ1) is 11.5. The van der Waals surface area contributed by atoms with Crippen LogP contribution in [0.3, 0.4) is 0 Å². The van der Waals surface area contributed by atoms with Gasteiger partial charge in [0.25, 0.3) is 0 Å². The second-order valence-electron chi connectivity index (χ2n) is 6.27. The number of para-hydroxylation sites is 1. The summed E-state index contributed by atoms with van der Waals surface area (Å²) in [6.45, 7) is 3.03. The molecule has 1 saturated heterocycles. The van der Waals surface area contributed by atoms with Crippen LogP contribution in [0.4, 0.5) is 4.79 Å². The Bertz CT molecular complexity index is 727. The number of amides is 3. The topological polar surface area (TPSA) is 79.5 Å². The summed E-state index contributed by atoms with van der Waals surface area (Å²) in [5.74, 6) is -0.138. The van der Waals surface area contributed by atoms with E-state index in [-0.39, 0.29) is 17.9 Å². The minimum atomic E-state index is -0.450. The van der Waals surface area contributed by atoms with E-state index in [4.69, 9.17) is 5.73 Å². The van der Waals surface area contributed by atoms with Crippen LogP contribution in [0.5, 0.6) is 0 Å². The number of thiazole rings is 1. The van der Waals surface area contributed by atoms with Crippen LogP contribution in [0.25, 0.3) is 10.2 Å². The summed E-state index contributed by atoms with van der Waals surface area (Å²) in [5.41, 5.74) is 6.31. The van der Waals surface area contributed by atoms with E-state index in [1.807, 2.05) is 38.2 Å². The van der Waals surface area contributed by atoms with Gasteiger partial charge in [-0.05, 0) is 31.9 Å². The fourth-order valence-electron chi connectivity index (χ4n) is 3.09. The molecule has 1 aliphatic rings. The summed E-state index contributed by atoms with van der Waals surface area (Å²) in [6.07, 6.45) is 1.60. The van der Waals surface area contributed by atoms with E-state index in [0.717, 1.165) is 28.1 Å². The lowest BCUT2D eigenvalue weighted by molar-refractivity contribution is -0.137. The van der Waals surface area contributed by atoms with E-state index >= 15 is 0 Å². The van der Waals surface area contributed by atoms with Crippen LogP contribution < -0.4 is 5.73 Å². The average molecular weight is 346 g/mol. The average Bonchev–Trinajstić information content (AvgIpc) is 3.04. The molecule has 1 fully saturated rings. The Morgan fingerprint density at radius 3 is 2.88 bits per heavy atom. The number of hydrogen-bond donors (Lipinski definition) is 1. The second kappa shape index (κ2) is 6.76. The molecule has 0 aliphatic carbocycles. The maximum absolute atomic E-state index is 12.8. The van der Waals surface area contributed by atoms with Gasteiger partial charge in [-0.3, -0.25) is 4.79 Å². The number of fused-ring (bicyclic) bond motifs is 1. The molecule has 128 valence electrons. The Morgan fingerprint density at radius 2 is 2.17 bits per heavy atom. The molecule has 6 nitrogen and oxygen atoms in total. The molecule has 1 aromatic carbocycles. The predicted octanol–water partition coefficient (Wildman–Crippen LogP) is 2.61. The van der Waals surface area contributed by atoms with Crippen LogP contribution in [-0.2, 0) is 4.79 Å². The first-order valence-electron chi connectivity index (χ1n) is 8.14. The molecule has 2 N–H and O–H groups in total. The molecule has 3 amide bonds. The molecular weight excluding hydrogens is 324 g/mol. The number of benzene rings is 1. The zero-order valence-corrected chi connectivity index (χ0v) is 14.8. The predicted molar refractivity (Wildman–Crippen MR) is 94.7 cm³/mol. The summed E-state index contributed by atoms with van der Waals surface area (Å²) in [5, 5.41) is 0.926. The molecule has 2 heterocycles. The molecule has 2 aromatic rings. The number of nitrogens with two attached hydrogens (primary N) is 1. The number of piperidine rings is 1. The van der Waals surface area contributed by atoms with Crippen LogP contribution in [0, 0.1) is 5.92 Å². The molecule has 24 heavy (non-hydrogen) atoms. The molecule has 0 radical (unpaired) electrons. The molecule has 2 atom stereocenters. The van der Waals surface area contributed by atoms with Crippen LogP contribution in [0.2, 0.25) is 0 Å². The Kier molecular flexibility index (Phi) is 4.71. The number of likely N-dealkylation sites (tertiary alicyclic amines) is 1. The summed E-state index contributed by atoms with van der Waals surface area (Å²) >= 11 is 1.61. The van der Waals surface area contributed by atoms with Crippen LogP contribution in [0.1, 0.15) is 30.8 Å². The third kappa shape index (κ3) is 3.21. The van der Waals surface area contributed by atoms with Gasteiger partial charge in [-0.25, -0.2) is 9.78 Å². The monoisotopic (exact) mass is 346 g/mol. The highest BCUT2D eigenvalue weighted by Crippen LogP contribution is 2.30. The maximum Gasteiger partial charge on any atom is 0.314 e. The minimum Gasteiger partial charge on any atom is -0.351 e. The molecule has 3 rings (SSSR count). The van der Waals surface area contributed by atoms with E-state index < -0.39 is 6.03 Å². The van der Waals surface area contributed by atoms with E-state index in [1.54, 1.807) is 21.1 Å². The fourth-order valence-corrected chi connectivity index (χ4v) is 4.15. The molecule has 0 unspecified atom stereocenters. The number of rotatable bonds is 3. The Morgan fingerprint density at radius 1 is 1.42 bits per heavy atom. The van der Waals surface area contributed by atoms with Gasteiger partial charge in [0.05, 0.1) is 22.2 Å². The van der Waals surface area contributed by atoms with Crippen molar-refractivity contribution in [3.63, 3.8) is 0 Å². The molecule has 0 saturated carbocycles. The van der Waals surface area contributed by atoms with Crippen molar-refractivity contribution in [3.05, 3.63) is 29.3 Å². The lowest BCUT2D eigenvalue weighted by Gasteiger charge is -2.34. The van der Waals surface area contributed by atoms with Gasteiger partial charge in [-0.1, -0.05) is 12.1 Å². The highest BCUT2D eigenvalue weighted by molar-refractivity contribution is 7.18. The zero-order valence-electron chi connectivity index (χ0n) is 13.9. The van der Waals surface area contributed by atoms with Gasteiger partial charge in [0.15, 0.2) is 0 Å². The molecule has 1 aliphatic heterocycles. The Balaban J connectivity index is 1.73. The molecule has 7 heteroatoms. The van der Waals surface area contributed by atoms with Gasteiger partial charge in [0.2, 0.25) is 5.91 Å². The first-order valence-corrected chi connectivity index (χ1v) is 8.95. The Hall–Kier alpha value is -2.15. The van der Waals surface area contributed by atoms with Gasteiger partial charge >= 0.3 is 6.03 Å². The number of aromatic nitrogens is 1. The lowest BCUT2D eigenvalue weighted by atomic mass is 9.96. The SMILES string of the molecule is C[C@H](c1nc2ccccc2s1)N(C)C(=O)[C@H]1CCCN(C(N)=O)C1. The van der Waals surface area contributed by atoms with Crippen molar-refractivity contribution >= 4 is 33.5 Å². The van der Waals surface area contributed by atoms with Crippen molar-refractivity contribution in [2.75, 3.05) is 20.1 Å². The smallest absolute Gasteiger partial charge is 0.314 e. The number of urea groups is 1. The van der Waals surface area contributed by atoms with Gasteiger partial charge in [0, 0.05) is 20.1 Å². The molecular formula is C17H22N4O2S. The highest BCUT2D eigenvalue weighted by Gasteiger charge is 2.31. The summed E-state index contributed by atoms with van der Waals surface area (Å²) in [7, 11) is 1.81. The van der Waals surface area contributed by atoms with E-state index in [2.05, 4.69) is 4.98 Å². The van der Waals surface area contributed by atoms with Crippen molar-refractivity contribution < 1.29 is 9.59 Å². The number of carbonyl (C=O) groups is 2. The van der Waals surface area contributed by atoms with Crippen LogP contribution in [-0.4, -0.2) is 46.9 Å². The Labute approximate surface area is 145 Å². The van der Waals surface area contributed by atoms with Gasteiger partial charge in [-0.15, -0.1) is 11.3 Å². The first kappa shape index (κ1) is 16.7. The molecule has 1 aromatic heterocycles. The van der Waals surface area contributed by atoms with Gasteiger partial charge in [0.1, 0.15) is 5.01 Å². The summed E-state index contributed by atoms with van der Waals surface area (Å²) in [4.78, 5) is 32.1. The van der Waals surface area contributed by atoms with E-state index in [9.17, 15) is 9.59 Å². The van der Waals surface area contributed by atoms with Gasteiger partial charge < -0.3 is 15.5 Å². The normalized spacial score (nSPS) is 19.2. The number of carbonyl (C=O) groups excluding carboxylic acids is 2. The number of primary amides is 1. The van der Waals surface area contributed by atoms with Gasteiger partial charge in [-0.2, -0.15) is 0 Å². The minimum absolute atomic E-state index is 0.0488. The lowest BCUT2D eigenvalue weighted by Crippen LogP contribution is -2.48. The quantitative estimate of drug-likeness (QED) is 0.928. The fraction of sp³-hybridized carbons (Fsp3) is 0.471. The second-order valence-corrected chi connectivity index (χ2v) is 7.33.